The van der Waals surface area contributed by atoms with Crippen molar-refractivity contribution >= 4 is 5.91 Å². The van der Waals surface area contributed by atoms with Gasteiger partial charge in [0.2, 0.25) is 5.91 Å². The molecule has 1 rings (SSSR count). The van der Waals surface area contributed by atoms with Crippen LogP contribution in [0.4, 0.5) is 0 Å². The standard InChI is InChI=1S/C16H26N2O2/c1-12(2)9-18-16(19)10-17-14(4)11-20-15-7-5-13(3)6-8-15/h5-8,12,14,17H,9-11H2,1-4H3,(H,18,19). The van der Waals surface area contributed by atoms with Crippen LogP contribution in [0.5, 0.6) is 5.75 Å². The molecule has 0 saturated heterocycles. The van der Waals surface area contributed by atoms with Crippen molar-refractivity contribution in [2.24, 2.45) is 5.92 Å². The van der Waals surface area contributed by atoms with Gasteiger partial charge < -0.3 is 15.4 Å². The van der Waals surface area contributed by atoms with E-state index in [-0.39, 0.29) is 11.9 Å². The van der Waals surface area contributed by atoms with Gasteiger partial charge in [0.1, 0.15) is 12.4 Å². The second-order valence-corrected chi connectivity index (χ2v) is 5.60. The number of aryl methyl sites for hydroxylation is 1. The molecule has 1 aromatic rings. The molecule has 1 unspecified atom stereocenters. The SMILES string of the molecule is Cc1ccc(OCC(C)NCC(=O)NCC(C)C)cc1. The van der Waals surface area contributed by atoms with Gasteiger partial charge >= 0.3 is 0 Å². The van der Waals surface area contributed by atoms with Gasteiger partial charge in [0.05, 0.1) is 6.54 Å². The van der Waals surface area contributed by atoms with Crippen molar-refractivity contribution < 1.29 is 9.53 Å². The number of rotatable bonds is 8. The average molecular weight is 278 g/mol. The molecular formula is C16H26N2O2. The van der Waals surface area contributed by atoms with E-state index in [9.17, 15) is 4.79 Å². The molecule has 0 bridgehead atoms. The van der Waals surface area contributed by atoms with Crippen molar-refractivity contribution in [1.29, 1.82) is 0 Å². The number of benzene rings is 1. The lowest BCUT2D eigenvalue weighted by Crippen LogP contribution is -2.41. The Bertz CT molecular complexity index is 401. The van der Waals surface area contributed by atoms with Crippen LogP contribution in [0, 0.1) is 12.8 Å². The Kier molecular flexibility index (Phi) is 7.09. The van der Waals surface area contributed by atoms with Gasteiger partial charge in [0.25, 0.3) is 0 Å². The smallest absolute Gasteiger partial charge is 0.233 e. The lowest BCUT2D eigenvalue weighted by Gasteiger charge is -2.15. The zero-order valence-electron chi connectivity index (χ0n) is 12.9. The maximum absolute atomic E-state index is 11.5. The van der Waals surface area contributed by atoms with Crippen LogP contribution >= 0.6 is 0 Å². The molecule has 20 heavy (non-hydrogen) atoms. The highest BCUT2D eigenvalue weighted by atomic mass is 16.5. The van der Waals surface area contributed by atoms with Crippen LogP contribution in [0.1, 0.15) is 26.3 Å². The normalized spacial score (nSPS) is 12.2. The second-order valence-electron chi connectivity index (χ2n) is 5.60. The molecule has 4 heteroatoms. The van der Waals surface area contributed by atoms with E-state index >= 15 is 0 Å². The Morgan fingerprint density at radius 1 is 1.20 bits per heavy atom. The van der Waals surface area contributed by atoms with Crippen molar-refractivity contribution in [3.8, 4) is 5.75 Å². The number of hydrogen-bond acceptors (Lipinski definition) is 3. The summed E-state index contributed by atoms with van der Waals surface area (Å²) in [6.07, 6.45) is 0. The first-order valence-corrected chi connectivity index (χ1v) is 7.17. The van der Waals surface area contributed by atoms with Crippen LogP contribution in [-0.4, -0.2) is 31.6 Å². The Morgan fingerprint density at radius 3 is 2.45 bits per heavy atom. The van der Waals surface area contributed by atoms with Crippen LogP contribution in [0.3, 0.4) is 0 Å². The first kappa shape index (κ1) is 16.5. The summed E-state index contributed by atoms with van der Waals surface area (Å²) >= 11 is 0. The summed E-state index contributed by atoms with van der Waals surface area (Å²) in [6.45, 7) is 9.78. The zero-order valence-corrected chi connectivity index (χ0v) is 12.9. The highest BCUT2D eigenvalue weighted by molar-refractivity contribution is 5.77. The number of carbonyl (C=O) groups is 1. The minimum Gasteiger partial charge on any atom is -0.492 e. The van der Waals surface area contributed by atoms with Crippen molar-refractivity contribution in [2.75, 3.05) is 19.7 Å². The second kappa shape index (κ2) is 8.59. The topological polar surface area (TPSA) is 50.4 Å². The van der Waals surface area contributed by atoms with E-state index in [1.165, 1.54) is 5.56 Å². The van der Waals surface area contributed by atoms with Gasteiger partial charge in [0, 0.05) is 12.6 Å². The summed E-state index contributed by atoms with van der Waals surface area (Å²) in [7, 11) is 0. The van der Waals surface area contributed by atoms with Gasteiger partial charge in [-0.05, 0) is 31.9 Å². The fourth-order valence-electron chi connectivity index (χ4n) is 1.56. The zero-order chi connectivity index (χ0) is 15.0. The predicted molar refractivity (Wildman–Crippen MR) is 82.0 cm³/mol. The number of carbonyl (C=O) groups excluding carboxylic acids is 1. The average Bonchev–Trinajstić information content (AvgIpc) is 2.42. The summed E-state index contributed by atoms with van der Waals surface area (Å²) in [4.78, 5) is 11.5. The minimum absolute atomic E-state index is 0.0286. The Morgan fingerprint density at radius 2 is 1.85 bits per heavy atom. The van der Waals surface area contributed by atoms with Crippen molar-refractivity contribution in [3.05, 3.63) is 29.8 Å². The van der Waals surface area contributed by atoms with Crippen LogP contribution in [0.25, 0.3) is 0 Å². The Hall–Kier alpha value is -1.55. The van der Waals surface area contributed by atoms with E-state index in [0.717, 1.165) is 12.3 Å². The number of ether oxygens (including phenoxy) is 1. The number of amides is 1. The van der Waals surface area contributed by atoms with E-state index in [1.54, 1.807) is 0 Å². The molecule has 1 aromatic carbocycles. The lowest BCUT2D eigenvalue weighted by atomic mass is 10.2. The molecule has 4 nitrogen and oxygen atoms in total. The molecular weight excluding hydrogens is 252 g/mol. The predicted octanol–water partition coefficient (Wildman–Crippen LogP) is 2.12. The molecule has 2 N–H and O–H groups in total. The highest BCUT2D eigenvalue weighted by Crippen LogP contribution is 2.11. The summed E-state index contributed by atoms with van der Waals surface area (Å²) in [5.41, 5.74) is 1.21. The van der Waals surface area contributed by atoms with Crippen LogP contribution in [-0.2, 0) is 4.79 Å². The van der Waals surface area contributed by atoms with Crippen LogP contribution in [0.2, 0.25) is 0 Å². The van der Waals surface area contributed by atoms with E-state index in [2.05, 4.69) is 24.5 Å². The van der Waals surface area contributed by atoms with E-state index in [0.29, 0.717) is 19.1 Å². The van der Waals surface area contributed by atoms with Gasteiger partial charge in [-0.25, -0.2) is 0 Å². The van der Waals surface area contributed by atoms with Gasteiger partial charge in [0.15, 0.2) is 0 Å². The van der Waals surface area contributed by atoms with Gasteiger partial charge in [-0.1, -0.05) is 31.5 Å². The fourth-order valence-corrected chi connectivity index (χ4v) is 1.56. The summed E-state index contributed by atoms with van der Waals surface area (Å²) in [6, 6.07) is 8.08. The van der Waals surface area contributed by atoms with E-state index in [4.69, 9.17) is 4.74 Å². The van der Waals surface area contributed by atoms with Crippen molar-refractivity contribution in [1.82, 2.24) is 10.6 Å². The molecule has 0 aliphatic carbocycles. The quantitative estimate of drug-likeness (QED) is 0.766. The summed E-state index contributed by atoms with van der Waals surface area (Å²) < 4.78 is 5.66. The first-order valence-electron chi connectivity index (χ1n) is 7.17. The third-order valence-corrected chi connectivity index (χ3v) is 2.84. The molecule has 112 valence electrons. The summed E-state index contributed by atoms with van der Waals surface area (Å²) in [5.74, 6) is 1.36. The van der Waals surface area contributed by atoms with Crippen LogP contribution in [0.15, 0.2) is 24.3 Å². The molecule has 0 spiro atoms. The Labute approximate surface area is 121 Å². The third kappa shape index (κ3) is 7.14. The monoisotopic (exact) mass is 278 g/mol. The maximum atomic E-state index is 11.5. The molecule has 0 aliphatic rings. The largest absolute Gasteiger partial charge is 0.492 e. The van der Waals surface area contributed by atoms with Gasteiger partial charge in [-0.15, -0.1) is 0 Å². The molecule has 0 saturated carbocycles. The number of hydrogen-bond donors (Lipinski definition) is 2. The molecule has 0 aliphatic heterocycles. The van der Waals surface area contributed by atoms with Gasteiger partial charge in [-0.3, -0.25) is 4.79 Å². The van der Waals surface area contributed by atoms with Crippen LogP contribution < -0.4 is 15.4 Å². The van der Waals surface area contributed by atoms with Crippen molar-refractivity contribution in [2.45, 2.75) is 33.7 Å². The molecule has 0 aromatic heterocycles. The first-order chi connectivity index (χ1) is 9.47. The van der Waals surface area contributed by atoms with E-state index < -0.39 is 0 Å². The van der Waals surface area contributed by atoms with E-state index in [1.807, 2.05) is 38.1 Å². The molecule has 1 amide bonds. The fraction of sp³-hybridized carbons (Fsp3) is 0.562. The highest BCUT2D eigenvalue weighted by Gasteiger charge is 2.06. The number of nitrogens with one attached hydrogen (secondary N) is 2. The molecule has 0 fully saturated rings. The summed E-state index contributed by atoms with van der Waals surface area (Å²) in [5, 5.41) is 6.03. The van der Waals surface area contributed by atoms with Crippen molar-refractivity contribution in [3.63, 3.8) is 0 Å². The lowest BCUT2D eigenvalue weighted by molar-refractivity contribution is -0.120. The maximum Gasteiger partial charge on any atom is 0.233 e. The molecule has 0 heterocycles. The molecule has 1 atom stereocenters. The van der Waals surface area contributed by atoms with Gasteiger partial charge in [-0.2, -0.15) is 0 Å². The molecule has 0 radical (unpaired) electrons. The third-order valence-electron chi connectivity index (χ3n) is 2.84. The minimum atomic E-state index is 0.0286. The Balaban J connectivity index is 2.18.